The molecule has 0 saturated carbocycles. The highest BCUT2D eigenvalue weighted by Crippen LogP contribution is 2.37. The Labute approximate surface area is 191 Å². The third-order valence-electron chi connectivity index (χ3n) is 4.78. The molecule has 0 unspecified atom stereocenters. The van der Waals surface area contributed by atoms with Crippen LogP contribution in [0.2, 0.25) is 5.02 Å². The van der Waals surface area contributed by atoms with Crippen LogP contribution in [0.1, 0.15) is 17.7 Å². The number of ether oxygens (including phenoxy) is 2. The number of nitrogens with zero attached hydrogens (tertiary/aromatic N) is 1. The third kappa shape index (κ3) is 5.23. The fraction of sp³-hybridized carbons (Fsp3) is 0.273. The fourth-order valence-corrected chi connectivity index (χ4v) is 4.87. The molecule has 0 radical (unpaired) electrons. The van der Waals surface area contributed by atoms with Crippen molar-refractivity contribution >= 4 is 33.0 Å². The SMILES string of the molecule is COc1cc(Cl)c(NC(=O)CCS(=O)(=O)c2cc(-c3cc(C)no3)ccc2C)c(OC)c1. The minimum absolute atomic E-state index is 0.136. The maximum absolute atomic E-state index is 13.0. The second-order valence-corrected chi connectivity index (χ2v) is 9.60. The average molecular weight is 479 g/mol. The molecule has 0 bridgehead atoms. The Hall–Kier alpha value is -3.04. The van der Waals surface area contributed by atoms with Gasteiger partial charge in [0.05, 0.1) is 35.6 Å². The van der Waals surface area contributed by atoms with Crippen LogP contribution in [-0.2, 0) is 14.6 Å². The first-order valence-corrected chi connectivity index (χ1v) is 11.7. The Balaban J connectivity index is 1.76. The molecule has 0 aliphatic heterocycles. The van der Waals surface area contributed by atoms with Gasteiger partial charge in [0, 0.05) is 30.2 Å². The van der Waals surface area contributed by atoms with Gasteiger partial charge in [-0.05, 0) is 25.5 Å². The van der Waals surface area contributed by atoms with E-state index in [1.165, 1.54) is 26.4 Å². The fourth-order valence-electron chi connectivity index (χ4n) is 3.08. The van der Waals surface area contributed by atoms with Crippen molar-refractivity contribution in [2.75, 3.05) is 25.3 Å². The molecule has 1 amide bonds. The predicted molar refractivity (Wildman–Crippen MR) is 121 cm³/mol. The Kier molecular flexibility index (Phi) is 7.10. The van der Waals surface area contributed by atoms with Crippen molar-refractivity contribution in [3.05, 3.63) is 52.7 Å². The summed E-state index contributed by atoms with van der Waals surface area (Å²) in [6.07, 6.45) is -0.265. The van der Waals surface area contributed by atoms with Crippen LogP contribution in [0.3, 0.4) is 0 Å². The summed E-state index contributed by atoms with van der Waals surface area (Å²) in [5.41, 5.74) is 2.10. The number of methoxy groups -OCH3 is 2. The number of halogens is 1. The summed E-state index contributed by atoms with van der Waals surface area (Å²) in [7, 11) is -0.837. The lowest BCUT2D eigenvalue weighted by Crippen LogP contribution is -2.18. The van der Waals surface area contributed by atoms with E-state index in [4.69, 9.17) is 25.6 Å². The minimum Gasteiger partial charge on any atom is -0.497 e. The lowest BCUT2D eigenvalue weighted by atomic mass is 10.1. The Morgan fingerprint density at radius 2 is 1.88 bits per heavy atom. The van der Waals surface area contributed by atoms with Crippen LogP contribution >= 0.6 is 11.6 Å². The molecular formula is C22H23ClN2O6S. The van der Waals surface area contributed by atoms with Crippen LogP contribution in [0, 0.1) is 13.8 Å². The Morgan fingerprint density at radius 1 is 1.12 bits per heavy atom. The van der Waals surface area contributed by atoms with Gasteiger partial charge in [0.25, 0.3) is 0 Å². The summed E-state index contributed by atoms with van der Waals surface area (Å²) in [5, 5.41) is 6.66. The van der Waals surface area contributed by atoms with E-state index in [0.717, 1.165) is 0 Å². The summed E-state index contributed by atoms with van der Waals surface area (Å²) < 4.78 is 41.6. The molecule has 32 heavy (non-hydrogen) atoms. The molecule has 0 atom stereocenters. The number of aromatic nitrogens is 1. The molecule has 0 fully saturated rings. The van der Waals surface area contributed by atoms with E-state index in [0.29, 0.717) is 34.1 Å². The van der Waals surface area contributed by atoms with E-state index in [9.17, 15) is 13.2 Å². The topological polar surface area (TPSA) is 108 Å². The molecule has 1 aromatic heterocycles. The monoisotopic (exact) mass is 478 g/mol. The summed E-state index contributed by atoms with van der Waals surface area (Å²) in [4.78, 5) is 12.6. The van der Waals surface area contributed by atoms with E-state index < -0.39 is 15.7 Å². The molecule has 3 rings (SSSR count). The molecule has 8 nitrogen and oxygen atoms in total. The summed E-state index contributed by atoms with van der Waals surface area (Å²) in [5.74, 6) is 0.340. The molecule has 1 heterocycles. The highest BCUT2D eigenvalue weighted by molar-refractivity contribution is 7.91. The molecular weight excluding hydrogens is 456 g/mol. The number of anilines is 1. The van der Waals surface area contributed by atoms with E-state index in [2.05, 4.69) is 10.5 Å². The van der Waals surface area contributed by atoms with E-state index in [1.807, 2.05) is 0 Å². The van der Waals surface area contributed by atoms with Crippen LogP contribution in [0.25, 0.3) is 11.3 Å². The molecule has 0 saturated heterocycles. The van der Waals surface area contributed by atoms with Gasteiger partial charge in [0.1, 0.15) is 17.2 Å². The zero-order chi connectivity index (χ0) is 23.5. The summed E-state index contributed by atoms with van der Waals surface area (Å²) in [6, 6.07) is 9.81. The molecule has 3 aromatic rings. The van der Waals surface area contributed by atoms with Crippen LogP contribution < -0.4 is 14.8 Å². The first-order valence-electron chi connectivity index (χ1n) is 9.63. The average Bonchev–Trinajstić information content (AvgIpc) is 3.20. The number of aryl methyl sites for hydroxylation is 2. The van der Waals surface area contributed by atoms with Gasteiger partial charge in [-0.2, -0.15) is 0 Å². The van der Waals surface area contributed by atoms with Crippen LogP contribution in [0.4, 0.5) is 5.69 Å². The van der Waals surface area contributed by atoms with E-state index in [-0.39, 0.29) is 27.8 Å². The van der Waals surface area contributed by atoms with Gasteiger partial charge in [-0.15, -0.1) is 0 Å². The number of sulfone groups is 1. The number of carbonyl (C=O) groups excluding carboxylic acids is 1. The highest BCUT2D eigenvalue weighted by atomic mass is 35.5. The number of hydrogen-bond donors (Lipinski definition) is 1. The van der Waals surface area contributed by atoms with Gasteiger partial charge in [0.15, 0.2) is 15.6 Å². The maximum atomic E-state index is 13.0. The quantitative estimate of drug-likeness (QED) is 0.510. The number of carbonyl (C=O) groups is 1. The van der Waals surface area contributed by atoms with Gasteiger partial charge in [-0.1, -0.05) is 28.9 Å². The number of hydrogen-bond acceptors (Lipinski definition) is 7. The Bertz CT molecular complexity index is 1250. The van der Waals surface area contributed by atoms with E-state index >= 15 is 0 Å². The van der Waals surface area contributed by atoms with Crippen molar-refractivity contribution in [3.63, 3.8) is 0 Å². The van der Waals surface area contributed by atoms with Crippen molar-refractivity contribution in [2.24, 2.45) is 0 Å². The van der Waals surface area contributed by atoms with Crippen LogP contribution in [-0.4, -0.2) is 39.5 Å². The minimum atomic E-state index is -3.75. The number of benzene rings is 2. The zero-order valence-corrected chi connectivity index (χ0v) is 19.6. The summed E-state index contributed by atoms with van der Waals surface area (Å²) in [6.45, 7) is 3.48. The Morgan fingerprint density at radius 3 is 2.50 bits per heavy atom. The van der Waals surface area contributed by atoms with E-state index in [1.54, 1.807) is 38.1 Å². The van der Waals surface area contributed by atoms with Crippen molar-refractivity contribution in [2.45, 2.75) is 25.2 Å². The predicted octanol–water partition coefficient (Wildman–Crippen LogP) is 4.43. The molecule has 170 valence electrons. The molecule has 0 aliphatic carbocycles. The standard InChI is InChI=1S/C22H23ClN2O6S/c1-13-5-6-15(18-9-14(2)25-31-18)10-20(13)32(27,28)8-7-21(26)24-22-17(23)11-16(29-3)12-19(22)30-4/h5-6,9-12H,7-8H2,1-4H3,(H,24,26). The van der Waals surface area contributed by atoms with Gasteiger partial charge >= 0.3 is 0 Å². The molecule has 2 aromatic carbocycles. The largest absolute Gasteiger partial charge is 0.497 e. The third-order valence-corrected chi connectivity index (χ3v) is 6.93. The smallest absolute Gasteiger partial charge is 0.225 e. The molecule has 1 N–H and O–H groups in total. The van der Waals surface area contributed by atoms with Gasteiger partial charge in [-0.25, -0.2) is 8.42 Å². The number of amides is 1. The lowest BCUT2D eigenvalue weighted by Gasteiger charge is -2.14. The normalized spacial score (nSPS) is 11.3. The second-order valence-electron chi connectivity index (χ2n) is 7.12. The van der Waals surface area contributed by atoms with Gasteiger partial charge in [-0.3, -0.25) is 4.79 Å². The summed E-state index contributed by atoms with van der Waals surface area (Å²) >= 11 is 6.21. The molecule has 0 spiro atoms. The first-order chi connectivity index (χ1) is 15.1. The van der Waals surface area contributed by atoms with Crippen molar-refractivity contribution in [3.8, 4) is 22.8 Å². The van der Waals surface area contributed by atoms with Gasteiger partial charge < -0.3 is 19.3 Å². The first kappa shape index (κ1) is 23.6. The van der Waals surface area contributed by atoms with Crippen molar-refractivity contribution in [1.29, 1.82) is 0 Å². The van der Waals surface area contributed by atoms with Crippen LogP contribution in [0.5, 0.6) is 11.5 Å². The van der Waals surface area contributed by atoms with Gasteiger partial charge in [0.2, 0.25) is 5.91 Å². The van der Waals surface area contributed by atoms with Crippen molar-refractivity contribution < 1.29 is 27.2 Å². The molecule has 10 heteroatoms. The zero-order valence-electron chi connectivity index (χ0n) is 18.1. The second kappa shape index (κ2) is 9.62. The lowest BCUT2D eigenvalue weighted by molar-refractivity contribution is -0.115. The van der Waals surface area contributed by atoms with Crippen molar-refractivity contribution in [1.82, 2.24) is 5.16 Å². The van der Waals surface area contributed by atoms with Crippen LogP contribution in [0.15, 0.2) is 45.8 Å². The highest BCUT2D eigenvalue weighted by Gasteiger charge is 2.21. The molecule has 0 aliphatic rings. The maximum Gasteiger partial charge on any atom is 0.225 e. The number of rotatable bonds is 8. The number of nitrogens with one attached hydrogen (secondary N) is 1.